The monoisotopic (exact) mass is 290 g/mol. The molecule has 21 heavy (non-hydrogen) atoms. The maximum absolute atomic E-state index is 12.6. The summed E-state index contributed by atoms with van der Waals surface area (Å²) in [6.07, 6.45) is 2.14. The van der Waals surface area contributed by atoms with Crippen LogP contribution in [0, 0.1) is 12.8 Å². The summed E-state index contributed by atoms with van der Waals surface area (Å²) in [7, 11) is 0. The maximum atomic E-state index is 12.6. The standard InChI is InChI=1S/C17H26N2O2/c1-4-8-18-16-7-9-19(11-13(16)3)17(21)15-6-5-14(20)10-12(15)2/h5-6,10,13,16,18,20H,4,7-9,11H2,1-3H3. The van der Waals surface area contributed by atoms with Crippen molar-refractivity contribution in [3.8, 4) is 5.75 Å². The number of phenolic OH excluding ortho intramolecular Hbond substituents is 1. The minimum atomic E-state index is 0.0771. The van der Waals surface area contributed by atoms with E-state index in [1.807, 2.05) is 11.8 Å². The molecule has 1 aromatic carbocycles. The largest absolute Gasteiger partial charge is 0.508 e. The Morgan fingerprint density at radius 3 is 2.86 bits per heavy atom. The predicted molar refractivity (Wildman–Crippen MR) is 84.6 cm³/mol. The van der Waals surface area contributed by atoms with Gasteiger partial charge in [-0.25, -0.2) is 0 Å². The zero-order chi connectivity index (χ0) is 15.4. The molecule has 2 unspecified atom stereocenters. The van der Waals surface area contributed by atoms with E-state index in [1.54, 1.807) is 18.2 Å². The average Bonchev–Trinajstić information content (AvgIpc) is 2.45. The Kier molecular flexibility index (Phi) is 5.23. The van der Waals surface area contributed by atoms with Gasteiger partial charge in [0, 0.05) is 24.7 Å². The maximum Gasteiger partial charge on any atom is 0.254 e. The Bertz CT molecular complexity index is 502. The number of rotatable bonds is 4. The van der Waals surface area contributed by atoms with Crippen LogP contribution < -0.4 is 5.32 Å². The Labute approximate surface area is 127 Å². The van der Waals surface area contributed by atoms with Crippen LogP contribution in [0.2, 0.25) is 0 Å². The van der Waals surface area contributed by atoms with Crippen LogP contribution in [-0.2, 0) is 0 Å². The molecule has 1 aliphatic heterocycles. The number of carbonyl (C=O) groups is 1. The van der Waals surface area contributed by atoms with Crippen molar-refractivity contribution >= 4 is 5.91 Å². The predicted octanol–water partition coefficient (Wildman–Crippen LogP) is 2.55. The Hall–Kier alpha value is -1.55. The topological polar surface area (TPSA) is 52.6 Å². The van der Waals surface area contributed by atoms with Crippen molar-refractivity contribution in [2.75, 3.05) is 19.6 Å². The van der Waals surface area contributed by atoms with Gasteiger partial charge in [-0.05, 0) is 56.0 Å². The first-order valence-corrected chi connectivity index (χ1v) is 7.85. The van der Waals surface area contributed by atoms with Crippen molar-refractivity contribution in [2.24, 2.45) is 5.92 Å². The molecule has 4 nitrogen and oxygen atoms in total. The second-order valence-corrected chi connectivity index (χ2v) is 6.08. The number of benzene rings is 1. The van der Waals surface area contributed by atoms with Crippen LogP contribution in [0.1, 0.15) is 42.6 Å². The van der Waals surface area contributed by atoms with E-state index < -0.39 is 0 Å². The van der Waals surface area contributed by atoms with Gasteiger partial charge in [-0.15, -0.1) is 0 Å². The molecule has 1 amide bonds. The molecule has 1 fully saturated rings. The molecule has 2 atom stereocenters. The molecule has 1 aromatic rings. The van der Waals surface area contributed by atoms with Crippen molar-refractivity contribution in [2.45, 2.75) is 39.7 Å². The van der Waals surface area contributed by atoms with Crippen molar-refractivity contribution < 1.29 is 9.90 Å². The lowest BCUT2D eigenvalue weighted by Crippen LogP contribution is -2.50. The molecule has 4 heteroatoms. The molecular formula is C17H26N2O2. The van der Waals surface area contributed by atoms with Gasteiger partial charge in [0.1, 0.15) is 5.75 Å². The number of piperidine rings is 1. The Balaban J connectivity index is 2.02. The molecule has 0 spiro atoms. The van der Waals surface area contributed by atoms with Gasteiger partial charge >= 0.3 is 0 Å². The summed E-state index contributed by atoms with van der Waals surface area (Å²) in [5.41, 5.74) is 1.53. The van der Waals surface area contributed by atoms with Gasteiger partial charge in [-0.2, -0.15) is 0 Å². The number of hydrogen-bond acceptors (Lipinski definition) is 3. The smallest absolute Gasteiger partial charge is 0.254 e. The fraction of sp³-hybridized carbons (Fsp3) is 0.588. The summed E-state index contributed by atoms with van der Waals surface area (Å²) < 4.78 is 0. The molecule has 0 saturated carbocycles. The van der Waals surface area contributed by atoms with Crippen molar-refractivity contribution in [3.05, 3.63) is 29.3 Å². The molecule has 0 bridgehead atoms. The first kappa shape index (κ1) is 15.8. The minimum absolute atomic E-state index is 0.0771. The summed E-state index contributed by atoms with van der Waals surface area (Å²) in [6.45, 7) is 8.87. The van der Waals surface area contributed by atoms with E-state index in [0.717, 1.165) is 38.0 Å². The third-order valence-corrected chi connectivity index (χ3v) is 4.29. The normalized spacial score (nSPS) is 22.3. The van der Waals surface area contributed by atoms with E-state index in [4.69, 9.17) is 0 Å². The molecular weight excluding hydrogens is 264 g/mol. The summed E-state index contributed by atoms with van der Waals surface area (Å²) in [6, 6.07) is 5.46. The van der Waals surface area contributed by atoms with E-state index in [1.165, 1.54) is 0 Å². The van der Waals surface area contributed by atoms with E-state index in [-0.39, 0.29) is 11.7 Å². The third-order valence-electron chi connectivity index (χ3n) is 4.29. The molecule has 2 N–H and O–H groups in total. The highest BCUT2D eigenvalue weighted by molar-refractivity contribution is 5.95. The number of aryl methyl sites for hydroxylation is 1. The molecule has 1 aliphatic rings. The van der Waals surface area contributed by atoms with Crippen LogP contribution in [0.25, 0.3) is 0 Å². The highest BCUT2D eigenvalue weighted by Gasteiger charge is 2.29. The van der Waals surface area contributed by atoms with Crippen LogP contribution in [0.4, 0.5) is 0 Å². The summed E-state index contributed by atoms with van der Waals surface area (Å²) >= 11 is 0. The van der Waals surface area contributed by atoms with Crippen LogP contribution in [0.15, 0.2) is 18.2 Å². The van der Waals surface area contributed by atoms with E-state index in [9.17, 15) is 9.90 Å². The first-order valence-electron chi connectivity index (χ1n) is 7.85. The number of likely N-dealkylation sites (tertiary alicyclic amines) is 1. The quantitative estimate of drug-likeness (QED) is 0.896. The SMILES string of the molecule is CCCNC1CCN(C(=O)c2ccc(O)cc2C)CC1C. The van der Waals surface area contributed by atoms with Gasteiger partial charge in [-0.1, -0.05) is 13.8 Å². The molecule has 116 valence electrons. The zero-order valence-electron chi connectivity index (χ0n) is 13.2. The van der Waals surface area contributed by atoms with Gasteiger partial charge in [0.25, 0.3) is 5.91 Å². The fourth-order valence-electron chi connectivity index (χ4n) is 3.02. The van der Waals surface area contributed by atoms with Crippen LogP contribution in [0.3, 0.4) is 0 Å². The average molecular weight is 290 g/mol. The summed E-state index contributed by atoms with van der Waals surface area (Å²) in [5.74, 6) is 0.750. The number of hydrogen-bond donors (Lipinski definition) is 2. The molecule has 2 rings (SSSR count). The fourth-order valence-corrected chi connectivity index (χ4v) is 3.02. The van der Waals surface area contributed by atoms with Crippen LogP contribution in [-0.4, -0.2) is 41.6 Å². The lowest BCUT2D eigenvalue weighted by molar-refractivity contribution is 0.0644. The van der Waals surface area contributed by atoms with E-state index >= 15 is 0 Å². The lowest BCUT2D eigenvalue weighted by Gasteiger charge is -2.37. The van der Waals surface area contributed by atoms with E-state index in [2.05, 4.69) is 19.2 Å². The third kappa shape index (κ3) is 3.76. The van der Waals surface area contributed by atoms with Gasteiger partial charge in [-0.3, -0.25) is 4.79 Å². The minimum Gasteiger partial charge on any atom is -0.508 e. The molecule has 1 heterocycles. The molecule has 0 aliphatic carbocycles. The van der Waals surface area contributed by atoms with Gasteiger partial charge in [0.15, 0.2) is 0 Å². The van der Waals surface area contributed by atoms with Crippen molar-refractivity contribution in [1.82, 2.24) is 10.2 Å². The van der Waals surface area contributed by atoms with Crippen molar-refractivity contribution in [3.63, 3.8) is 0 Å². The number of nitrogens with zero attached hydrogens (tertiary/aromatic N) is 1. The van der Waals surface area contributed by atoms with Gasteiger partial charge in [0.05, 0.1) is 0 Å². The summed E-state index contributed by atoms with van der Waals surface area (Å²) in [5, 5.41) is 13.0. The Morgan fingerprint density at radius 1 is 1.48 bits per heavy atom. The van der Waals surface area contributed by atoms with Crippen LogP contribution >= 0.6 is 0 Å². The second kappa shape index (κ2) is 6.94. The number of amides is 1. The number of nitrogens with one attached hydrogen (secondary N) is 1. The van der Waals surface area contributed by atoms with Gasteiger partial charge < -0.3 is 15.3 Å². The first-order chi connectivity index (χ1) is 10.0. The lowest BCUT2D eigenvalue weighted by atomic mass is 9.93. The number of phenols is 1. The van der Waals surface area contributed by atoms with Crippen molar-refractivity contribution in [1.29, 1.82) is 0 Å². The van der Waals surface area contributed by atoms with Crippen LogP contribution in [0.5, 0.6) is 5.75 Å². The second-order valence-electron chi connectivity index (χ2n) is 6.08. The number of aromatic hydroxyl groups is 1. The summed E-state index contributed by atoms with van der Waals surface area (Å²) in [4.78, 5) is 14.6. The Morgan fingerprint density at radius 2 is 2.24 bits per heavy atom. The molecule has 1 saturated heterocycles. The molecule has 0 aromatic heterocycles. The van der Waals surface area contributed by atoms with Gasteiger partial charge in [0.2, 0.25) is 0 Å². The molecule has 0 radical (unpaired) electrons. The van der Waals surface area contributed by atoms with E-state index in [0.29, 0.717) is 17.5 Å². The highest BCUT2D eigenvalue weighted by Crippen LogP contribution is 2.22. The highest BCUT2D eigenvalue weighted by atomic mass is 16.3. The zero-order valence-corrected chi connectivity index (χ0v) is 13.2. The number of carbonyl (C=O) groups excluding carboxylic acids is 1.